The third kappa shape index (κ3) is 8.37. The highest BCUT2D eigenvalue weighted by molar-refractivity contribution is 5.74. The van der Waals surface area contributed by atoms with E-state index in [0.717, 1.165) is 94.9 Å². The quantitative estimate of drug-likeness (QED) is 0.179. The number of ether oxygens (including phenoxy) is 1. The summed E-state index contributed by atoms with van der Waals surface area (Å²) < 4.78 is 22.3. The van der Waals surface area contributed by atoms with Crippen molar-refractivity contribution in [3.63, 3.8) is 0 Å². The number of rotatable bonds is 15. The molecule has 0 unspecified atom stereocenters. The maximum atomic E-state index is 14.3. The Hall–Kier alpha value is -3.23. The number of nitrogens with zero attached hydrogens (tertiary/aromatic N) is 4. The van der Waals surface area contributed by atoms with Crippen LogP contribution in [0.2, 0.25) is 0 Å². The maximum absolute atomic E-state index is 14.3. The summed E-state index contributed by atoms with van der Waals surface area (Å²) in [6.45, 7) is 14.3. The Bertz CT molecular complexity index is 1400. The summed E-state index contributed by atoms with van der Waals surface area (Å²) in [5.74, 6) is 0.821. The van der Waals surface area contributed by atoms with E-state index in [-0.39, 0.29) is 23.6 Å². The molecule has 8 heteroatoms. The van der Waals surface area contributed by atoms with Gasteiger partial charge in [0.05, 0.1) is 12.3 Å². The lowest BCUT2D eigenvalue weighted by atomic mass is 9.87. The van der Waals surface area contributed by atoms with Crippen molar-refractivity contribution in [3.8, 4) is 5.75 Å². The molecule has 2 aromatic carbocycles. The van der Waals surface area contributed by atoms with Crippen LogP contribution in [0.4, 0.5) is 4.39 Å². The molecule has 0 amide bonds. The van der Waals surface area contributed by atoms with E-state index in [1.54, 1.807) is 12.1 Å². The Labute approximate surface area is 274 Å². The van der Waals surface area contributed by atoms with Gasteiger partial charge in [-0.2, -0.15) is 5.10 Å². The molecule has 0 radical (unpaired) electrons. The predicted molar refractivity (Wildman–Crippen MR) is 181 cm³/mol. The van der Waals surface area contributed by atoms with Gasteiger partial charge in [0.15, 0.2) is 0 Å². The molecule has 0 bridgehead atoms. The van der Waals surface area contributed by atoms with Crippen LogP contribution in [0, 0.1) is 17.7 Å². The Morgan fingerprint density at radius 2 is 1.83 bits per heavy atom. The van der Waals surface area contributed by atoms with E-state index in [0.29, 0.717) is 12.5 Å². The highest BCUT2D eigenvalue weighted by Crippen LogP contribution is 2.38. The molecule has 2 aliphatic rings. The van der Waals surface area contributed by atoms with Gasteiger partial charge in [0.25, 0.3) is 0 Å². The number of carbonyl (C=O) groups is 1. The lowest BCUT2D eigenvalue weighted by Crippen LogP contribution is -2.45. The van der Waals surface area contributed by atoms with Gasteiger partial charge in [-0.3, -0.25) is 14.4 Å². The first-order valence-electron chi connectivity index (χ1n) is 17.5. The molecule has 1 aromatic heterocycles. The van der Waals surface area contributed by atoms with Crippen LogP contribution in [0.15, 0.2) is 54.6 Å². The minimum Gasteiger partial charge on any atom is -0.494 e. The minimum atomic E-state index is -0.755. The number of aliphatic carboxylic acids is 1. The minimum absolute atomic E-state index is 0.0531. The van der Waals surface area contributed by atoms with Crippen molar-refractivity contribution in [1.29, 1.82) is 0 Å². The molecule has 5 rings (SSSR count). The Balaban J connectivity index is 1.22. The Morgan fingerprint density at radius 1 is 1.07 bits per heavy atom. The summed E-state index contributed by atoms with van der Waals surface area (Å²) in [5.41, 5.74) is 4.66. The smallest absolute Gasteiger partial charge is 0.321 e. The molecule has 7 nitrogen and oxygen atoms in total. The zero-order chi connectivity index (χ0) is 32.6. The molecule has 2 aliphatic heterocycles. The average Bonchev–Trinajstić information content (AvgIpc) is 3.66. The number of halogens is 1. The van der Waals surface area contributed by atoms with E-state index >= 15 is 0 Å². The van der Waals surface area contributed by atoms with Crippen molar-refractivity contribution in [2.75, 3.05) is 39.3 Å². The Kier molecular flexibility index (Phi) is 11.9. The standard InChI is InChI=1S/C38H53FN4O3/c1-5-8-20-46-34-14-12-28(13-15-34)21-33-23-36(43(7-3)40-33)29-16-18-41(19-17-29)24-31-25-42(37(38(44)45)27(4)6-2)26-35(31)30-10-9-11-32(39)22-30/h9-15,22-23,27,29,31,35,37H,5-8,16-21,24-26H2,1-4H3,(H,44,45)/t27-,31+,35-,37-/m1/s1. The fourth-order valence-corrected chi connectivity index (χ4v) is 7.56. The van der Waals surface area contributed by atoms with Gasteiger partial charge in [0.2, 0.25) is 0 Å². The molecular weight excluding hydrogens is 579 g/mol. The highest BCUT2D eigenvalue weighted by Gasteiger charge is 2.42. The Morgan fingerprint density at radius 3 is 2.48 bits per heavy atom. The maximum Gasteiger partial charge on any atom is 0.321 e. The molecule has 2 fully saturated rings. The van der Waals surface area contributed by atoms with E-state index in [4.69, 9.17) is 9.84 Å². The monoisotopic (exact) mass is 632 g/mol. The number of aromatic nitrogens is 2. The number of carboxylic acids is 1. The number of aryl methyl sites for hydroxylation is 1. The molecule has 2 saturated heterocycles. The number of piperidine rings is 1. The van der Waals surface area contributed by atoms with Crippen LogP contribution < -0.4 is 4.74 Å². The topological polar surface area (TPSA) is 70.8 Å². The molecule has 4 atom stereocenters. The first kappa shape index (κ1) is 34.1. The summed E-state index contributed by atoms with van der Waals surface area (Å²) in [7, 11) is 0. The predicted octanol–water partition coefficient (Wildman–Crippen LogP) is 7.21. The number of benzene rings is 2. The number of hydrogen-bond acceptors (Lipinski definition) is 5. The number of carboxylic acid groups (broad SMARTS) is 1. The van der Waals surface area contributed by atoms with Crippen LogP contribution in [-0.4, -0.2) is 76.0 Å². The first-order chi connectivity index (χ1) is 22.3. The van der Waals surface area contributed by atoms with Gasteiger partial charge in [-0.1, -0.05) is 57.9 Å². The number of unbranched alkanes of at least 4 members (excludes halogenated alkanes) is 1. The molecule has 46 heavy (non-hydrogen) atoms. The van der Waals surface area contributed by atoms with Gasteiger partial charge in [-0.25, -0.2) is 4.39 Å². The summed E-state index contributed by atoms with van der Waals surface area (Å²) in [5, 5.41) is 15.1. The molecule has 0 saturated carbocycles. The summed E-state index contributed by atoms with van der Waals surface area (Å²) in [4.78, 5) is 17.0. The highest BCUT2D eigenvalue weighted by atomic mass is 19.1. The van der Waals surface area contributed by atoms with Crippen LogP contribution in [-0.2, 0) is 17.8 Å². The van der Waals surface area contributed by atoms with Crippen molar-refractivity contribution >= 4 is 5.97 Å². The van der Waals surface area contributed by atoms with Crippen LogP contribution in [0.3, 0.4) is 0 Å². The lowest BCUT2D eigenvalue weighted by molar-refractivity contribution is -0.145. The van der Waals surface area contributed by atoms with Crippen molar-refractivity contribution < 1.29 is 19.0 Å². The normalized spacial score (nSPS) is 21.0. The SMILES string of the molecule is CCCCOc1ccc(Cc2cc(C3CCN(C[C@H]4CN([C@@H](C(=O)O)[C@H](C)CC)C[C@@H]4c4cccc(F)c4)CC3)n(CC)n2)cc1. The number of hydrogen-bond donors (Lipinski definition) is 1. The zero-order valence-electron chi connectivity index (χ0n) is 28.2. The lowest BCUT2D eigenvalue weighted by Gasteiger charge is -2.35. The fraction of sp³-hybridized carbons (Fsp3) is 0.579. The molecule has 1 N–H and O–H groups in total. The largest absolute Gasteiger partial charge is 0.494 e. The van der Waals surface area contributed by atoms with Gasteiger partial charge in [0.1, 0.15) is 17.6 Å². The second-order valence-electron chi connectivity index (χ2n) is 13.5. The van der Waals surface area contributed by atoms with Crippen molar-refractivity contribution in [1.82, 2.24) is 19.6 Å². The summed E-state index contributed by atoms with van der Waals surface area (Å²) >= 11 is 0. The van der Waals surface area contributed by atoms with E-state index in [1.807, 2.05) is 13.0 Å². The van der Waals surface area contributed by atoms with E-state index in [2.05, 4.69) is 65.6 Å². The van der Waals surface area contributed by atoms with E-state index in [1.165, 1.54) is 17.3 Å². The molecule has 3 aromatic rings. The van der Waals surface area contributed by atoms with Crippen LogP contribution in [0.25, 0.3) is 0 Å². The second-order valence-corrected chi connectivity index (χ2v) is 13.5. The van der Waals surface area contributed by atoms with Crippen molar-refractivity contribution in [2.24, 2.45) is 11.8 Å². The third-order valence-electron chi connectivity index (χ3n) is 10.3. The molecule has 0 aliphatic carbocycles. The van der Waals surface area contributed by atoms with Crippen LogP contribution in [0.1, 0.15) is 94.1 Å². The third-order valence-corrected chi connectivity index (χ3v) is 10.3. The fourth-order valence-electron chi connectivity index (χ4n) is 7.56. The van der Waals surface area contributed by atoms with Crippen molar-refractivity contribution in [3.05, 3.63) is 82.9 Å². The van der Waals surface area contributed by atoms with Gasteiger partial charge in [-0.05, 0) is 92.6 Å². The van der Waals surface area contributed by atoms with Gasteiger partial charge in [0, 0.05) is 50.1 Å². The first-order valence-corrected chi connectivity index (χ1v) is 17.5. The zero-order valence-corrected chi connectivity index (χ0v) is 28.2. The van der Waals surface area contributed by atoms with Crippen LogP contribution in [0.5, 0.6) is 5.75 Å². The molecule has 3 heterocycles. The molecule has 0 spiro atoms. The summed E-state index contributed by atoms with van der Waals surface area (Å²) in [6.07, 6.45) is 5.96. The molecular formula is C38H53FN4O3. The molecule has 250 valence electrons. The van der Waals surface area contributed by atoms with Gasteiger partial charge >= 0.3 is 5.97 Å². The van der Waals surface area contributed by atoms with E-state index < -0.39 is 12.0 Å². The second kappa shape index (κ2) is 16.1. The summed E-state index contributed by atoms with van der Waals surface area (Å²) in [6, 6.07) is 17.1. The van der Waals surface area contributed by atoms with Gasteiger partial charge < -0.3 is 14.7 Å². The van der Waals surface area contributed by atoms with Crippen molar-refractivity contribution in [2.45, 2.75) is 90.6 Å². The van der Waals surface area contributed by atoms with Gasteiger partial charge in [-0.15, -0.1) is 0 Å². The number of likely N-dealkylation sites (tertiary alicyclic amines) is 2. The average molecular weight is 633 g/mol. The van der Waals surface area contributed by atoms with E-state index in [9.17, 15) is 14.3 Å². The van der Waals surface area contributed by atoms with Crippen LogP contribution >= 0.6 is 0 Å².